The third-order valence-electron chi connectivity index (χ3n) is 3.06. The highest BCUT2D eigenvalue weighted by Gasteiger charge is 2.20. The van der Waals surface area contributed by atoms with Gasteiger partial charge in [-0.15, -0.1) is 0 Å². The van der Waals surface area contributed by atoms with E-state index in [0.717, 1.165) is 25.3 Å². The van der Waals surface area contributed by atoms with Crippen LogP contribution in [0, 0.1) is 0 Å². The van der Waals surface area contributed by atoms with E-state index < -0.39 is 0 Å². The molecule has 0 bridgehead atoms. The van der Waals surface area contributed by atoms with Crippen LogP contribution in [0.5, 0.6) is 0 Å². The summed E-state index contributed by atoms with van der Waals surface area (Å²) in [5.41, 5.74) is 1.17. The van der Waals surface area contributed by atoms with Crippen LogP contribution in [0.1, 0.15) is 37.8 Å². The lowest BCUT2D eigenvalue weighted by molar-refractivity contribution is 0.502. The summed E-state index contributed by atoms with van der Waals surface area (Å²) in [6.45, 7) is 6.11. The summed E-state index contributed by atoms with van der Waals surface area (Å²) in [5.74, 6) is 1.03. The van der Waals surface area contributed by atoms with Crippen LogP contribution in [0.15, 0.2) is 24.7 Å². The highest BCUT2D eigenvalue weighted by Crippen LogP contribution is 2.20. The topological polar surface area (TPSA) is 47.7 Å². The lowest BCUT2D eigenvalue weighted by Crippen LogP contribution is -2.28. The van der Waals surface area contributed by atoms with E-state index in [-0.39, 0.29) is 6.04 Å². The Hall–Kier alpha value is -1.62. The zero-order chi connectivity index (χ0) is 13.0. The number of rotatable bonds is 6. The molecule has 2 rings (SSSR count). The number of nitrogens with one attached hydrogen (secondary N) is 1. The van der Waals surface area contributed by atoms with Gasteiger partial charge in [-0.1, -0.05) is 6.92 Å². The first-order chi connectivity index (χ1) is 8.77. The first kappa shape index (κ1) is 12.8. The van der Waals surface area contributed by atoms with Crippen LogP contribution in [-0.2, 0) is 13.6 Å². The van der Waals surface area contributed by atoms with Crippen molar-refractivity contribution in [3.05, 3.63) is 36.2 Å². The van der Waals surface area contributed by atoms with Crippen molar-refractivity contribution in [2.24, 2.45) is 7.05 Å². The Kier molecular flexibility index (Phi) is 4.15. The average molecular weight is 247 g/mol. The Bertz CT molecular complexity index is 485. The van der Waals surface area contributed by atoms with E-state index in [1.165, 1.54) is 5.69 Å². The molecule has 0 aliphatic heterocycles. The molecule has 1 N–H and O–H groups in total. The highest BCUT2D eigenvalue weighted by molar-refractivity contribution is 5.17. The van der Waals surface area contributed by atoms with Gasteiger partial charge in [0.15, 0.2) is 0 Å². The van der Waals surface area contributed by atoms with Gasteiger partial charge >= 0.3 is 0 Å². The number of aromatic nitrogens is 4. The van der Waals surface area contributed by atoms with E-state index in [0.29, 0.717) is 0 Å². The van der Waals surface area contributed by atoms with Crippen molar-refractivity contribution in [3.63, 3.8) is 0 Å². The molecule has 5 heteroatoms. The first-order valence-corrected chi connectivity index (χ1v) is 6.50. The SMILES string of the molecule is CCCNC(c1nccn1C)c1ccnn1CC. The van der Waals surface area contributed by atoms with Crippen molar-refractivity contribution in [1.82, 2.24) is 24.6 Å². The largest absolute Gasteiger partial charge is 0.336 e. The molecule has 0 aromatic carbocycles. The predicted octanol–water partition coefficient (Wildman–Crippen LogP) is 1.73. The zero-order valence-electron chi connectivity index (χ0n) is 11.3. The summed E-state index contributed by atoms with van der Waals surface area (Å²) < 4.78 is 4.07. The maximum Gasteiger partial charge on any atom is 0.131 e. The van der Waals surface area contributed by atoms with E-state index in [2.05, 4.69) is 39.9 Å². The number of aryl methyl sites for hydroxylation is 2. The molecule has 2 aromatic heterocycles. The molecule has 98 valence electrons. The number of nitrogens with zero attached hydrogens (tertiary/aromatic N) is 4. The maximum atomic E-state index is 4.46. The van der Waals surface area contributed by atoms with Crippen LogP contribution in [0.25, 0.3) is 0 Å². The molecule has 2 aromatic rings. The minimum Gasteiger partial charge on any atom is -0.336 e. The van der Waals surface area contributed by atoms with Crippen molar-refractivity contribution < 1.29 is 0 Å². The van der Waals surface area contributed by atoms with Crippen molar-refractivity contribution in [3.8, 4) is 0 Å². The minimum atomic E-state index is 0.104. The summed E-state index contributed by atoms with van der Waals surface area (Å²) in [7, 11) is 2.02. The van der Waals surface area contributed by atoms with Gasteiger partial charge in [-0.05, 0) is 26.0 Å². The molecule has 5 nitrogen and oxygen atoms in total. The summed E-state index contributed by atoms with van der Waals surface area (Å²) >= 11 is 0. The monoisotopic (exact) mass is 247 g/mol. The van der Waals surface area contributed by atoms with Crippen molar-refractivity contribution in [1.29, 1.82) is 0 Å². The van der Waals surface area contributed by atoms with Gasteiger partial charge in [0.1, 0.15) is 11.9 Å². The van der Waals surface area contributed by atoms with Gasteiger partial charge in [0.25, 0.3) is 0 Å². The van der Waals surface area contributed by atoms with Gasteiger partial charge in [-0.25, -0.2) is 4.98 Å². The van der Waals surface area contributed by atoms with Gasteiger partial charge in [0.2, 0.25) is 0 Å². The second kappa shape index (κ2) is 5.82. The second-order valence-corrected chi connectivity index (χ2v) is 4.36. The fourth-order valence-corrected chi connectivity index (χ4v) is 2.12. The maximum absolute atomic E-state index is 4.46. The normalized spacial score (nSPS) is 12.8. The second-order valence-electron chi connectivity index (χ2n) is 4.36. The molecule has 0 aliphatic carbocycles. The zero-order valence-corrected chi connectivity index (χ0v) is 11.3. The molecule has 1 unspecified atom stereocenters. The Morgan fingerprint density at radius 1 is 1.33 bits per heavy atom. The molecule has 0 radical (unpaired) electrons. The quantitative estimate of drug-likeness (QED) is 0.845. The summed E-state index contributed by atoms with van der Waals surface area (Å²) in [4.78, 5) is 4.46. The molecule has 18 heavy (non-hydrogen) atoms. The molecule has 0 saturated carbocycles. The molecular formula is C13H21N5. The minimum absolute atomic E-state index is 0.104. The van der Waals surface area contributed by atoms with E-state index >= 15 is 0 Å². The lowest BCUT2D eigenvalue weighted by Gasteiger charge is -2.19. The van der Waals surface area contributed by atoms with Gasteiger partial charge in [0, 0.05) is 32.2 Å². The number of imidazole rings is 1. The van der Waals surface area contributed by atoms with E-state index in [4.69, 9.17) is 0 Å². The van der Waals surface area contributed by atoms with Crippen LogP contribution < -0.4 is 5.32 Å². The smallest absolute Gasteiger partial charge is 0.131 e. The Morgan fingerprint density at radius 2 is 2.17 bits per heavy atom. The van der Waals surface area contributed by atoms with E-state index in [1.807, 2.05) is 30.3 Å². The Labute approximate surface area is 108 Å². The molecule has 2 heterocycles. The van der Waals surface area contributed by atoms with Crippen molar-refractivity contribution >= 4 is 0 Å². The third-order valence-corrected chi connectivity index (χ3v) is 3.06. The Morgan fingerprint density at radius 3 is 2.78 bits per heavy atom. The first-order valence-electron chi connectivity index (χ1n) is 6.50. The van der Waals surface area contributed by atoms with Crippen molar-refractivity contribution in [2.45, 2.75) is 32.9 Å². The molecule has 0 spiro atoms. The van der Waals surface area contributed by atoms with Gasteiger partial charge in [0.05, 0.1) is 5.69 Å². The van der Waals surface area contributed by atoms with Crippen LogP contribution in [0.2, 0.25) is 0 Å². The Balaban J connectivity index is 2.34. The van der Waals surface area contributed by atoms with E-state index in [1.54, 1.807) is 0 Å². The van der Waals surface area contributed by atoms with Gasteiger partial charge < -0.3 is 9.88 Å². The number of hydrogen-bond acceptors (Lipinski definition) is 3. The van der Waals surface area contributed by atoms with Crippen LogP contribution >= 0.6 is 0 Å². The fraction of sp³-hybridized carbons (Fsp3) is 0.538. The molecular weight excluding hydrogens is 226 g/mol. The molecule has 0 saturated heterocycles. The van der Waals surface area contributed by atoms with Crippen LogP contribution in [0.3, 0.4) is 0 Å². The van der Waals surface area contributed by atoms with Gasteiger partial charge in [-0.2, -0.15) is 5.10 Å². The van der Waals surface area contributed by atoms with Gasteiger partial charge in [-0.3, -0.25) is 4.68 Å². The number of hydrogen-bond donors (Lipinski definition) is 1. The lowest BCUT2D eigenvalue weighted by atomic mass is 10.2. The average Bonchev–Trinajstić information content (AvgIpc) is 2.99. The molecule has 0 aliphatic rings. The van der Waals surface area contributed by atoms with Crippen molar-refractivity contribution in [2.75, 3.05) is 6.54 Å². The third kappa shape index (κ3) is 2.46. The fourth-order valence-electron chi connectivity index (χ4n) is 2.12. The standard InChI is InChI=1S/C13H21N5/c1-4-7-14-12(13-15-9-10-17(13)3)11-6-8-16-18(11)5-2/h6,8-10,12,14H,4-5,7H2,1-3H3. The predicted molar refractivity (Wildman–Crippen MR) is 71.2 cm³/mol. The highest BCUT2D eigenvalue weighted by atomic mass is 15.3. The summed E-state index contributed by atoms with van der Waals surface area (Å²) in [6, 6.07) is 2.17. The summed E-state index contributed by atoms with van der Waals surface area (Å²) in [5, 5.41) is 7.89. The van der Waals surface area contributed by atoms with E-state index in [9.17, 15) is 0 Å². The molecule has 1 atom stereocenters. The summed E-state index contributed by atoms with van der Waals surface area (Å²) in [6.07, 6.45) is 6.76. The van der Waals surface area contributed by atoms with Crippen LogP contribution in [-0.4, -0.2) is 25.9 Å². The molecule has 0 fully saturated rings. The van der Waals surface area contributed by atoms with Crippen LogP contribution in [0.4, 0.5) is 0 Å². The molecule has 0 amide bonds.